The van der Waals surface area contributed by atoms with E-state index in [2.05, 4.69) is 20.4 Å². The van der Waals surface area contributed by atoms with Gasteiger partial charge >= 0.3 is 0 Å². The van der Waals surface area contributed by atoms with Crippen molar-refractivity contribution in [1.82, 2.24) is 15.1 Å². The molecule has 0 saturated carbocycles. The van der Waals surface area contributed by atoms with Crippen LogP contribution in [-0.4, -0.2) is 73.9 Å². The van der Waals surface area contributed by atoms with Gasteiger partial charge in [0.15, 0.2) is 9.84 Å². The Morgan fingerprint density at radius 2 is 2.38 bits per heavy atom. The summed E-state index contributed by atoms with van der Waals surface area (Å²) in [6.45, 7) is 5.02. The van der Waals surface area contributed by atoms with Crippen molar-refractivity contribution in [2.45, 2.75) is 13.0 Å². The standard InChI is InChI=1S/C13H22N4O3S/c1-2-21(18,19)9-7-17-6-8-20-12(11-17)10-14-13-4-3-5-15-16-13/h3-5,12H,2,6-11H2,1H3,(H,14,16)/t12-/m0/s1. The summed E-state index contributed by atoms with van der Waals surface area (Å²) in [5, 5.41) is 10.9. The van der Waals surface area contributed by atoms with Crippen LogP contribution in [0.1, 0.15) is 6.92 Å². The molecule has 0 bridgehead atoms. The van der Waals surface area contributed by atoms with Crippen LogP contribution in [0.3, 0.4) is 0 Å². The van der Waals surface area contributed by atoms with Crippen LogP contribution in [0.4, 0.5) is 5.82 Å². The molecular formula is C13H22N4O3S. The van der Waals surface area contributed by atoms with Crippen molar-refractivity contribution < 1.29 is 13.2 Å². The predicted octanol–water partition coefficient (Wildman–Crippen LogP) is 0.0240. The molecule has 1 aliphatic heterocycles. The molecular weight excluding hydrogens is 292 g/mol. The van der Waals surface area contributed by atoms with Gasteiger partial charge in [0.2, 0.25) is 0 Å². The lowest BCUT2D eigenvalue weighted by Gasteiger charge is -2.32. The van der Waals surface area contributed by atoms with Crippen LogP contribution in [0.5, 0.6) is 0 Å². The summed E-state index contributed by atoms with van der Waals surface area (Å²) in [7, 11) is -2.91. The Morgan fingerprint density at radius 3 is 3.10 bits per heavy atom. The predicted molar refractivity (Wildman–Crippen MR) is 81.0 cm³/mol. The Balaban J connectivity index is 1.75. The van der Waals surface area contributed by atoms with Gasteiger partial charge in [-0.2, -0.15) is 5.10 Å². The number of morpholine rings is 1. The van der Waals surface area contributed by atoms with Crippen LogP contribution in [0.15, 0.2) is 18.3 Å². The largest absolute Gasteiger partial charge is 0.374 e. The van der Waals surface area contributed by atoms with E-state index in [1.165, 1.54) is 0 Å². The van der Waals surface area contributed by atoms with Crippen LogP contribution in [0.25, 0.3) is 0 Å². The van der Waals surface area contributed by atoms with Crippen molar-refractivity contribution in [3.05, 3.63) is 18.3 Å². The second-order valence-corrected chi connectivity index (χ2v) is 7.49. The van der Waals surface area contributed by atoms with Gasteiger partial charge in [0.05, 0.1) is 18.5 Å². The fraction of sp³-hybridized carbons (Fsp3) is 0.692. The SMILES string of the molecule is CCS(=O)(=O)CCN1CCO[C@@H](CNc2cccnn2)C1. The zero-order valence-corrected chi connectivity index (χ0v) is 13.1. The van der Waals surface area contributed by atoms with E-state index in [-0.39, 0.29) is 17.6 Å². The maximum absolute atomic E-state index is 11.5. The molecule has 0 unspecified atom stereocenters. The number of sulfone groups is 1. The normalized spacial score (nSPS) is 20.3. The first-order valence-corrected chi connectivity index (χ1v) is 8.97. The lowest BCUT2D eigenvalue weighted by molar-refractivity contribution is -0.0189. The van der Waals surface area contributed by atoms with E-state index in [9.17, 15) is 8.42 Å². The molecule has 0 amide bonds. The summed E-state index contributed by atoms with van der Waals surface area (Å²) in [6, 6.07) is 3.67. The summed E-state index contributed by atoms with van der Waals surface area (Å²) in [5.41, 5.74) is 0. The minimum Gasteiger partial charge on any atom is -0.374 e. The third kappa shape index (κ3) is 5.56. The first-order valence-electron chi connectivity index (χ1n) is 7.15. The van der Waals surface area contributed by atoms with E-state index in [0.29, 0.717) is 25.5 Å². The van der Waals surface area contributed by atoms with Crippen LogP contribution in [-0.2, 0) is 14.6 Å². The van der Waals surface area contributed by atoms with E-state index in [1.807, 2.05) is 12.1 Å². The lowest BCUT2D eigenvalue weighted by Crippen LogP contribution is -2.46. The highest BCUT2D eigenvalue weighted by Crippen LogP contribution is 2.07. The van der Waals surface area contributed by atoms with Crippen molar-refractivity contribution in [1.29, 1.82) is 0 Å². The highest BCUT2D eigenvalue weighted by Gasteiger charge is 2.21. The Bertz CT molecular complexity index is 523. The first-order chi connectivity index (χ1) is 10.1. The van der Waals surface area contributed by atoms with Gasteiger partial charge in [-0.15, -0.1) is 5.10 Å². The first kappa shape index (κ1) is 16.1. The average molecular weight is 314 g/mol. The van der Waals surface area contributed by atoms with E-state index in [1.54, 1.807) is 13.1 Å². The second kappa shape index (κ2) is 7.67. The topological polar surface area (TPSA) is 84.4 Å². The highest BCUT2D eigenvalue weighted by molar-refractivity contribution is 7.91. The third-order valence-electron chi connectivity index (χ3n) is 3.46. The van der Waals surface area contributed by atoms with Crippen LogP contribution >= 0.6 is 0 Å². The van der Waals surface area contributed by atoms with Crippen molar-refractivity contribution >= 4 is 15.7 Å². The fourth-order valence-corrected chi connectivity index (χ4v) is 2.96. The smallest absolute Gasteiger partial charge is 0.151 e. The van der Waals surface area contributed by atoms with Gasteiger partial charge in [-0.3, -0.25) is 4.90 Å². The molecule has 2 heterocycles. The van der Waals surface area contributed by atoms with Crippen LogP contribution in [0, 0.1) is 0 Å². The Morgan fingerprint density at radius 1 is 1.52 bits per heavy atom. The molecule has 0 aliphatic carbocycles. The number of hydrogen-bond acceptors (Lipinski definition) is 7. The molecule has 7 nitrogen and oxygen atoms in total. The molecule has 1 saturated heterocycles. The zero-order valence-electron chi connectivity index (χ0n) is 12.2. The summed E-state index contributed by atoms with van der Waals surface area (Å²) in [6.07, 6.45) is 1.66. The van der Waals surface area contributed by atoms with Crippen molar-refractivity contribution in [3.8, 4) is 0 Å². The number of anilines is 1. The Hall–Kier alpha value is -1.25. The van der Waals surface area contributed by atoms with Crippen molar-refractivity contribution in [2.75, 3.05) is 49.6 Å². The summed E-state index contributed by atoms with van der Waals surface area (Å²) < 4.78 is 28.8. The van der Waals surface area contributed by atoms with Crippen molar-refractivity contribution in [3.63, 3.8) is 0 Å². The number of ether oxygens (including phenoxy) is 1. The molecule has 0 spiro atoms. The maximum atomic E-state index is 11.5. The number of aromatic nitrogens is 2. The number of hydrogen-bond donors (Lipinski definition) is 1. The van der Waals surface area contributed by atoms with Gasteiger partial charge in [-0.1, -0.05) is 6.92 Å². The zero-order chi connectivity index (χ0) is 15.1. The Kier molecular flexibility index (Phi) is 5.89. The minimum absolute atomic E-state index is 0.0325. The summed E-state index contributed by atoms with van der Waals surface area (Å²) >= 11 is 0. The van der Waals surface area contributed by atoms with E-state index in [4.69, 9.17) is 4.74 Å². The molecule has 118 valence electrons. The molecule has 21 heavy (non-hydrogen) atoms. The number of rotatable bonds is 7. The molecule has 1 N–H and O–H groups in total. The molecule has 8 heteroatoms. The lowest BCUT2D eigenvalue weighted by atomic mass is 10.2. The molecule has 2 rings (SSSR count). The van der Waals surface area contributed by atoms with Crippen LogP contribution < -0.4 is 5.32 Å². The maximum Gasteiger partial charge on any atom is 0.151 e. The molecule has 0 radical (unpaired) electrons. The van der Waals surface area contributed by atoms with Crippen LogP contribution in [0.2, 0.25) is 0 Å². The quantitative estimate of drug-likeness (QED) is 0.759. The molecule has 1 aromatic rings. The van der Waals surface area contributed by atoms with Gasteiger partial charge < -0.3 is 10.1 Å². The third-order valence-corrected chi connectivity index (χ3v) is 5.15. The van der Waals surface area contributed by atoms with Crippen molar-refractivity contribution in [2.24, 2.45) is 0 Å². The van der Waals surface area contributed by atoms with E-state index in [0.717, 1.165) is 13.1 Å². The summed E-state index contributed by atoms with van der Waals surface area (Å²) in [5.74, 6) is 1.13. The molecule has 1 atom stereocenters. The molecule has 0 aromatic carbocycles. The molecule has 1 fully saturated rings. The number of nitrogens with one attached hydrogen (secondary N) is 1. The Labute approximate surface area is 125 Å². The van der Waals surface area contributed by atoms with Gasteiger partial charge in [0.25, 0.3) is 0 Å². The van der Waals surface area contributed by atoms with Gasteiger partial charge in [-0.25, -0.2) is 8.42 Å². The van der Waals surface area contributed by atoms with Gasteiger partial charge in [-0.05, 0) is 12.1 Å². The second-order valence-electron chi connectivity index (χ2n) is 5.02. The van der Waals surface area contributed by atoms with E-state index < -0.39 is 9.84 Å². The minimum atomic E-state index is -2.91. The van der Waals surface area contributed by atoms with Gasteiger partial charge in [0.1, 0.15) is 5.82 Å². The average Bonchev–Trinajstić information content (AvgIpc) is 2.53. The number of nitrogens with zero attached hydrogens (tertiary/aromatic N) is 3. The highest BCUT2D eigenvalue weighted by atomic mass is 32.2. The molecule has 1 aromatic heterocycles. The van der Waals surface area contributed by atoms with E-state index >= 15 is 0 Å². The fourth-order valence-electron chi connectivity index (χ4n) is 2.13. The monoisotopic (exact) mass is 314 g/mol. The van der Waals surface area contributed by atoms with Gasteiger partial charge in [0, 0.05) is 38.1 Å². The summed E-state index contributed by atoms with van der Waals surface area (Å²) in [4.78, 5) is 2.14. The molecule has 1 aliphatic rings.